The Labute approximate surface area is 83.7 Å². The number of nitrogens with zero attached hydrogens (tertiary/aromatic N) is 1. The predicted molar refractivity (Wildman–Crippen MR) is 60.1 cm³/mol. The van der Waals surface area contributed by atoms with E-state index in [0.29, 0.717) is 6.04 Å². The fraction of sp³-hybridized carbons (Fsp3) is 1.00. The second-order valence-electron chi connectivity index (χ2n) is 4.17. The average Bonchev–Trinajstić information content (AvgIpc) is 2.11. The molecule has 0 aromatic carbocycles. The van der Waals surface area contributed by atoms with E-state index < -0.39 is 0 Å². The van der Waals surface area contributed by atoms with Crippen molar-refractivity contribution in [3.8, 4) is 0 Å². The SMILES string of the molecule is CCC(CC)CC(CN(C)C)NC. The Bertz CT molecular complexity index is 109. The van der Waals surface area contributed by atoms with Crippen LogP contribution in [-0.4, -0.2) is 38.6 Å². The summed E-state index contributed by atoms with van der Waals surface area (Å²) >= 11 is 0. The molecule has 0 radical (unpaired) electrons. The molecule has 80 valence electrons. The maximum atomic E-state index is 3.39. The summed E-state index contributed by atoms with van der Waals surface area (Å²) in [5, 5.41) is 3.39. The van der Waals surface area contributed by atoms with Crippen LogP contribution in [0.1, 0.15) is 33.1 Å². The van der Waals surface area contributed by atoms with Gasteiger partial charge in [0.25, 0.3) is 0 Å². The third-order valence-electron chi connectivity index (χ3n) is 2.77. The number of nitrogens with one attached hydrogen (secondary N) is 1. The number of hydrogen-bond donors (Lipinski definition) is 1. The smallest absolute Gasteiger partial charge is 0.0194 e. The molecule has 0 fully saturated rings. The fourth-order valence-electron chi connectivity index (χ4n) is 1.75. The van der Waals surface area contributed by atoms with Crippen molar-refractivity contribution in [2.24, 2.45) is 5.92 Å². The summed E-state index contributed by atoms with van der Waals surface area (Å²) in [7, 11) is 6.34. The van der Waals surface area contributed by atoms with Crippen LogP contribution in [0.15, 0.2) is 0 Å². The van der Waals surface area contributed by atoms with Gasteiger partial charge in [0, 0.05) is 12.6 Å². The van der Waals surface area contributed by atoms with Crippen molar-refractivity contribution < 1.29 is 0 Å². The summed E-state index contributed by atoms with van der Waals surface area (Å²) in [6.07, 6.45) is 3.92. The molecular weight excluding hydrogens is 160 g/mol. The second kappa shape index (κ2) is 7.34. The maximum absolute atomic E-state index is 3.39. The number of hydrogen-bond acceptors (Lipinski definition) is 2. The van der Waals surface area contributed by atoms with Crippen LogP contribution in [0.5, 0.6) is 0 Å². The zero-order valence-corrected chi connectivity index (χ0v) is 9.93. The van der Waals surface area contributed by atoms with Gasteiger partial charge >= 0.3 is 0 Å². The van der Waals surface area contributed by atoms with Gasteiger partial charge in [-0.25, -0.2) is 0 Å². The van der Waals surface area contributed by atoms with Gasteiger partial charge in [-0.3, -0.25) is 0 Å². The van der Waals surface area contributed by atoms with E-state index in [1.54, 1.807) is 0 Å². The monoisotopic (exact) mass is 186 g/mol. The lowest BCUT2D eigenvalue weighted by Crippen LogP contribution is -2.37. The Morgan fingerprint density at radius 1 is 1.15 bits per heavy atom. The molecule has 0 aliphatic heterocycles. The third-order valence-corrected chi connectivity index (χ3v) is 2.77. The van der Waals surface area contributed by atoms with Gasteiger partial charge in [0.1, 0.15) is 0 Å². The topological polar surface area (TPSA) is 15.3 Å². The van der Waals surface area contributed by atoms with E-state index in [9.17, 15) is 0 Å². The van der Waals surface area contributed by atoms with Crippen LogP contribution in [0.25, 0.3) is 0 Å². The molecule has 1 atom stereocenters. The predicted octanol–water partition coefficient (Wildman–Crippen LogP) is 1.96. The molecule has 0 heterocycles. The molecule has 0 amide bonds. The highest BCUT2D eigenvalue weighted by Gasteiger charge is 2.12. The molecule has 1 N–H and O–H groups in total. The molecule has 2 heteroatoms. The zero-order valence-electron chi connectivity index (χ0n) is 9.93. The molecule has 1 unspecified atom stereocenters. The molecule has 0 bridgehead atoms. The van der Waals surface area contributed by atoms with Crippen LogP contribution in [-0.2, 0) is 0 Å². The molecule has 0 aliphatic carbocycles. The van der Waals surface area contributed by atoms with Crippen molar-refractivity contribution in [2.45, 2.75) is 39.2 Å². The van der Waals surface area contributed by atoms with Crippen molar-refractivity contribution in [3.05, 3.63) is 0 Å². The highest BCUT2D eigenvalue weighted by atomic mass is 15.1. The van der Waals surface area contributed by atoms with Crippen LogP contribution in [0.2, 0.25) is 0 Å². The van der Waals surface area contributed by atoms with E-state index in [1.165, 1.54) is 19.3 Å². The third kappa shape index (κ3) is 6.05. The maximum Gasteiger partial charge on any atom is 0.0194 e. The lowest BCUT2D eigenvalue weighted by molar-refractivity contribution is 0.298. The Kier molecular flexibility index (Phi) is 7.29. The van der Waals surface area contributed by atoms with Crippen LogP contribution in [0.4, 0.5) is 0 Å². The van der Waals surface area contributed by atoms with Gasteiger partial charge in [-0.15, -0.1) is 0 Å². The minimum absolute atomic E-state index is 0.653. The average molecular weight is 186 g/mol. The summed E-state index contributed by atoms with van der Waals surface area (Å²) in [6, 6.07) is 0.653. The Morgan fingerprint density at radius 2 is 1.69 bits per heavy atom. The largest absolute Gasteiger partial charge is 0.316 e. The lowest BCUT2D eigenvalue weighted by atomic mass is 9.94. The summed E-state index contributed by atoms with van der Waals surface area (Å²) in [4.78, 5) is 2.25. The summed E-state index contributed by atoms with van der Waals surface area (Å²) in [6.45, 7) is 5.72. The van der Waals surface area contributed by atoms with Gasteiger partial charge in [-0.1, -0.05) is 26.7 Å². The van der Waals surface area contributed by atoms with E-state index in [0.717, 1.165) is 12.5 Å². The van der Waals surface area contributed by atoms with Crippen molar-refractivity contribution in [2.75, 3.05) is 27.7 Å². The summed E-state index contributed by atoms with van der Waals surface area (Å²) < 4.78 is 0. The van der Waals surface area contributed by atoms with E-state index in [1.807, 2.05) is 0 Å². The minimum Gasteiger partial charge on any atom is -0.316 e. The summed E-state index contributed by atoms with van der Waals surface area (Å²) in [5.74, 6) is 0.886. The van der Waals surface area contributed by atoms with Crippen molar-refractivity contribution in [3.63, 3.8) is 0 Å². The molecule has 13 heavy (non-hydrogen) atoms. The minimum atomic E-state index is 0.653. The van der Waals surface area contributed by atoms with Crippen molar-refractivity contribution >= 4 is 0 Å². The fourth-order valence-corrected chi connectivity index (χ4v) is 1.75. The first-order valence-electron chi connectivity index (χ1n) is 5.45. The zero-order chi connectivity index (χ0) is 10.3. The molecule has 0 spiro atoms. The lowest BCUT2D eigenvalue weighted by Gasteiger charge is -2.24. The van der Waals surface area contributed by atoms with Gasteiger partial charge in [-0.05, 0) is 33.5 Å². The normalized spacial score (nSPS) is 14.1. The quantitative estimate of drug-likeness (QED) is 0.654. The second-order valence-corrected chi connectivity index (χ2v) is 4.17. The molecule has 0 aromatic rings. The first kappa shape index (κ1) is 12.9. The van der Waals surface area contributed by atoms with E-state index >= 15 is 0 Å². The van der Waals surface area contributed by atoms with Crippen LogP contribution >= 0.6 is 0 Å². The van der Waals surface area contributed by atoms with Gasteiger partial charge in [0.2, 0.25) is 0 Å². The van der Waals surface area contributed by atoms with Gasteiger partial charge in [0.05, 0.1) is 0 Å². The number of rotatable bonds is 7. The molecule has 0 saturated carbocycles. The highest BCUT2D eigenvalue weighted by Crippen LogP contribution is 2.14. The van der Waals surface area contributed by atoms with Gasteiger partial charge < -0.3 is 10.2 Å². The molecule has 0 aromatic heterocycles. The Balaban J connectivity index is 3.80. The highest BCUT2D eigenvalue weighted by molar-refractivity contribution is 4.71. The standard InChI is InChI=1S/C11H26N2/c1-6-10(7-2)8-11(12-3)9-13(4)5/h10-12H,6-9H2,1-5H3. The van der Waals surface area contributed by atoms with Crippen molar-refractivity contribution in [1.29, 1.82) is 0 Å². The van der Waals surface area contributed by atoms with Crippen LogP contribution < -0.4 is 5.32 Å². The molecule has 0 rings (SSSR count). The number of likely N-dealkylation sites (N-methyl/N-ethyl adjacent to an activating group) is 2. The molecule has 0 aliphatic rings. The Hall–Kier alpha value is -0.0800. The van der Waals surface area contributed by atoms with Gasteiger partial charge in [0.15, 0.2) is 0 Å². The molecule has 0 saturated heterocycles. The van der Waals surface area contributed by atoms with E-state index in [-0.39, 0.29) is 0 Å². The van der Waals surface area contributed by atoms with Crippen molar-refractivity contribution in [1.82, 2.24) is 10.2 Å². The van der Waals surface area contributed by atoms with Crippen LogP contribution in [0, 0.1) is 5.92 Å². The van der Waals surface area contributed by atoms with Crippen LogP contribution in [0.3, 0.4) is 0 Å². The Morgan fingerprint density at radius 3 is 2.00 bits per heavy atom. The first-order valence-corrected chi connectivity index (χ1v) is 5.45. The summed E-state index contributed by atoms with van der Waals surface area (Å²) in [5.41, 5.74) is 0. The molecule has 2 nitrogen and oxygen atoms in total. The molecular formula is C11H26N2. The first-order chi connectivity index (χ1) is 6.13. The van der Waals surface area contributed by atoms with E-state index in [4.69, 9.17) is 0 Å². The van der Waals surface area contributed by atoms with E-state index in [2.05, 4.69) is 45.2 Å². The van der Waals surface area contributed by atoms with Gasteiger partial charge in [-0.2, -0.15) is 0 Å².